The van der Waals surface area contributed by atoms with Gasteiger partial charge in [-0.15, -0.1) is 0 Å². The predicted molar refractivity (Wildman–Crippen MR) is 115 cm³/mol. The molecule has 0 spiro atoms. The molecule has 3 aromatic carbocycles. The molecule has 0 aliphatic rings. The van der Waals surface area contributed by atoms with Gasteiger partial charge in [0, 0.05) is 11.3 Å². The third-order valence-electron chi connectivity index (χ3n) is 5.16. The Kier molecular flexibility index (Phi) is 5.00. The third-order valence-corrected chi connectivity index (χ3v) is 5.16. The minimum absolute atomic E-state index is 0.0461. The molecule has 0 aliphatic heterocycles. The fraction of sp³-hybridized carbons (Fsp3) is 0.320. The highest BCUT2D eigenvalue weighted by molar-refractivity contribution is 6.12. The molecule has 0 saturated carbocycles. The summed E-state index contributed by atoms with van der Waals surface area (Å²) in [6, 6.07) is 19.9. The Morgan fingerprint density at radius 3 is 2.23 bits per heavy atom. The average molecular weight is 344 g/mol. The fourth-order valence-electron chi connectivity index (χ4n) is 3.60. The van der Waals surface area contributed by atoms with Crippen LogP contribution in [0.15, 0.2) is 59.6 Å². The minimum Gasteiger partial charge on any atom is -0.283 e. The van der Waals surface area contributed by atoms with Gasteiger partial charge in [0.25, 0.3) is 0 Å². The summed E-state index contributed by atoms with van der Waals surface area (Å²) in [5.74, 6) is 0. The molecule has 0 amide bonds. The summed E-state index contributed by atoms with van der Waals surface area (Å²) in [4.78, 5) is 5.05. The lowest BCUT2D eigenvalue weighted by Gasteiger charge is -2.21. The number of aryl methyl sites for hydroxylation is 2. The maximum Gasteiger partial charge on any atom is 0.0552 e. The second kappa shape index (κ2) is 7.07. The lowest BCUT2D eigenvalue weighted by Crippen LogP contribution is -2.17. The van der Waals surface area contributed by atoms with Crippen LogP contribution in [0.2, 0.25) is 0 Å². The molecule has 3 rings (SSSR count). The van der Waals surface area contributed by atoms with Crippen molar-refractivity contribution in [3.8, 4) is 11.1 Å². The highest BCUT2D eigenvalue weighted by Gasteiger charge is 2.17. The van der Waals surface area contributed by atoms with E-state index in [0.29, 0.717) is 0 Å². The molecule has 0 saturated heterocycles. The van der Waals surface area contributed by atoms with Crippen molar-refractivity contribution in [2.45, 2.75) is 53.5 Å². The molecule has 0 atom stereocenters. The average Bonchev–Trinajstić information content (AvgIpc) is 2.59. The molecular weight excluding hydrogens is 314 g/mol. The number of rotatable bonds is 4. The van der Waals surface area contributed by atoms with E-state index in [1.165, 1.54) is 38.6 Å². The summed E-state index contributed by atoms with van der Waals surface area (Å²) in [5, 5.41) is 2.56. The van der Waals surface area contributed by atoms with Crippen LogP contribution in [0.4, 0.5) is 0 Å². The molecule has 0 radical (unpaired) electrons. The molecule has 0 aliphatic carbocycles. The van der Waals surface area contributed by atoms with Crippen LogP contribution in [0.3, 0.4) is 0 Å². The summed E-state index contributed by atoms with van der Waals surface area (Å²) in [5.41, 5.74) is 7.45. The lowest BCUT2D eigenvalue weighted by molar-refractivity contribution is 0.505. The van der Waals surface area contributed by atoms with Crippen LogP contribution in [0, 0.1) is 13.8 Å². The van der Waals surface area contributed by atoms with Gasteiger partial charge >= 0.3 is 0 Å². The Balaban J connectivity index is 2.34. The maximum atomic E-state index is 5.05. The van der Waals surface area contributed by atoms with Crippen molar-refractivity contribution in [2.24, 2.45) is 4.99 Å². The van der Waals surface area contributed by atoms with E-state index in [1.54, 1.807) is 0 Å². The Hall–Kier alpha value is -2.41. The van der Waals surface area contributed by atoms with Crippen molar-refractivity contribution in [3.05, 3.63) is 71.3 Å². The van der Waals surface area contributed by atoms with Gasteiger partial charge in [0.05, 0.1) is 5.54 Å². The quantitative estimate of drug-likeness (QED) is 0.447. The first-order valence-corrected chi connectivity index (χ1v) is 9.48. The predicted octanol–water partition coefficient (Wildman–Crippen LogP) is 7.12. The molecule has 26 heavy (non-hydrogen) atoms. The minimum atomic E-state index is -0.0461. The van der Waals surface area contributed by atoms with Gasteiger partial charge in [0.15, 0.2) is 0 Å². The largest absolute Gasteiger partial charge is 0.283 e. The second-order valence-corrected chi connectivity index (χ2v) is 7.95. The molecule has 1 heteroatoms. The van der Waals surface area contributed by atoms with Gasteiger partial charge in [0.2, 0.25) is 0 Å². The molecule has 0 heterocycles. The first kappa shape index (κ1) is 18.4. The van der Waals surface area contributed by atoms with Crippen LogP contribution < -0.4 is 0 Å². The number of hydrogen-bond donors (Lipinski definition) is 0. The number of fused-ring (bicyclic) bond motifs is 1. The monoisotopic (exact) mass is 343 g/mol. The molecule has 0 bridgehead atoms. The zero-order chi connectivity index (χ0) is 18.9. The van der Waals surface area contributed by atoms with E-state index in [0.717, 1.165) is 12.1 Å². The van der Waals surface area contributed by atoms with E-state index in [4.69, 9.17) is 4.99 Å². The Morgan fingerprint density at radius 2 is 1.58 bits per heavy atom. The van der Waals surface area contributed by atoms with E-state index in [1.807, 2.05) is 0 Å². The van der Waals surface area contributed by atoms with Crippen LogP contribution in [-0.2, 0) is 0 Å². The van der Waals surface area contributed by atoms with E-state index >= 15 is 0 Å². The summed E-state index contributed by atoms with van der Waals surface area (Å²) < 4.78 is 0. The summed E-state index contributed by atoms with van der Waals surface area (Å²) in [6.45, 7) is 13.1. The van der Waals surface area contributed by atoms with Gasteiger partial charge in [0.1, 0.15) is 0 Å². The second-order valence-electron chi connectivity index (χ2n) is 7.95. The van der Waals surface area contributed by atoms with Crippen molar-refractivity contribution in [1.29, 1.82) is 0 Å². The van der Waals surface area contributed by atoms with Gasteiger partial charge in [-0.3, -0.25) is 4.99 Å². The molecule has 0 unspecified atom stereocenters. The maximum absolute atomic E-state index is 5.05. The molecule has 0 N–H and O–H groups in total. The summed E-state index contributed by atoms with van der Waals surface area (Å²) in [7, 11) is 0. The van der Waals surface area contributed by atoms with Crippen molar-refractivity contribution >= 4 is 16.5 Å². The van der Waals surface area contributed by atoms with Crippen molar-refractivity contribution in [1.82, 2.24) is 0 Å². The van der Waals surface area contributed by atoms with Gasteiger partial charge in [-0.05, 0) is 62.9 Å². The Bertz CT molecular complexity index is 956. The lowest BCUT2D eigenvalue weighted by atomic mass is 9.89. The summed E-state index contributed by atoms with van der Waals surface area (Å²) in [6.07, 6.45) is 1.02. The smallest absolute Gasteiger partial charge is 0.0552 e. The fourth-order valence-corrected chi connectivity index (χ4v) is 3.60. The van der Waals surface area contributed by atoms with Crippen LogP contribution in [0.5, 0.6) is 0 Å². The van der Waals surface area contributed by atoms with E-state index < -0.39 is 0 Å². The number of aliphatic imine (C=N–C) groups is 1. The van der Waals surface area contributed by atoms with Gasteiger partial charge in [-0.25, -0.2) is 0 Å². The van der Waals surface area contributed by atoms with Crippen LogP contribution in [0.1, 0.15) is 50.8 Å². The molecule has 0 fully saturated rings. The molecular formula is C25H29N. The molecule has 0 aromatic heterocycles. The normalized spacial score (nSPS) is 12.6. The van der Waals surface area contributed by atoms with Crippen molar-refractivity contribution in [3.63, 3.8) is 0 Å². The zero-order valence-electron chi connectivity index (χ0n) is 16.9. The van der Waals surface area contributed by atoms with Crippen LogP contribution in [0.25, 0.3) is 21.9 Å². The number of hydrogen-bond acceptors (Lipinski definition) is 1. The van der Waals surface area contributed by atoms with Crippen LogP contribution >= 0.6 is 0 Å². The van der Waals surface area contributed by atoms with Gasteiger partial charge in [-0.1, -0.05) is 72.6 Å². The van der Waals surface area contributed by atoms with E-state index in [2.05, 4.69) is 96.1 Å². The number of benzene rings is 3. The SMILES string of the molecule is CCC(C)(C)N=C(C)c1ccc2ccccc2c1-c1cc(C)cc(C)c1. The molecule has 3 aromatic rings. The van der Waals surface area contributed by atoms with Crippen molar-refractivity contribution in [2.75, 3.05) is 0 Å². The molecule has 134 valence electrons. The Morgan fingerprint density at radius 1 is 0.923 bits per heavy atom. The van der Waals surface area contributed by atoms with E-state index in [9.17, 15) is 0 Å². The first-order valence-electron chi connectivity index (χ1n) is 9.48. The topological polar surface area (TPSA) is 12.4 Å². The standard InChI is InChI=1S/C25H29N/c1-7-25(5,6)26-19(4)22-13-12-20-10-8-9-11-23(20)24(22)21-15-17(2)14-18(3)16-21/h8-16H,7H2,1-6H3. The van der Waals surface area contributed by atoms with E-state index in [-0.39, 0.29) is 5.54 Å². The van der Waals surface area contributed by atoms with Gasteiger partial charge in [-0.2, -0.15) is 0 Å². The van der Waals surface area contributed by atoms with Gasteiger partial charge < -0.3 is 0 Å². The highest BCUT2D eigenvalue weighted by Crippen LogP contribution is 2.34. The Labute approximate surface area is 157 Å². The third kappa shape index (κ3) is 3.72. The first-order chi connectivity index (χ1) is 12.3. The highest BCUT2D eigenvalue weighted by atomic mass is 14.8. The van der Waals surface area contributed by atoms with Crippen LogP contribution in [-0.4, -0.2) is 11.3 Å². The van der Waals surface area contributed by atoms with Crippen molar-refractivity contribution < 1.29 is 0 Å². The number of nitrogens with zero attached hydrogens (tertiary/aromatic N) is 1. The zero-order valence-corrected chi connectivity index (χ0v) is 16.9. The summed E-state index contributed by atoms with van der Waals surface area (Å²) >= 11 is 0. The molecule has 1 nitrogen and oxygen atoms in total.